The largest absolute Gasteiger partial charge is 0.412 e. The van der Waals surface area contributed by atoms with E-state index in [0.29, 0.717) is 0 Å². The second-order valence-corrected chi connectivity index (χ2v) is 2.39. The zero-order chi connectivity index (χ0) is 6.41. The summed E-state index contributed by atoms with van der Waals surface area (Å²) in [6, 6.07) is 0. The van der Waals surface area contributed by atoms with Gasteiger partial charge in [-0.2, -0.15) is 0 Å². The fourth-order valence-electron chi connectivity index (χ4n) is 1.13. The molecule has 0 heterocycles. The van der Waals surface area contributed by atoms with Gasteiger partial charge < -0.3 is 5.48 Å². The molecule has 0 aromatic heterocycles. The summed E-state index contributed by atoms with van der Waals surface area (Å²) in [7, 11) is 0. The van der Waals surface area contributed by atoms with Crippen molar-refractivity contribution in [2.75, 3.05) is 0 Å². The SMILES string of the molecule is CC.CC1CCCC1.O.[HH]. The highest BCUT2D eigenvalue weighted by molar-refractivity contribution is 4.60. The predicted molar refractivity (Wildman–Crippen MR) is 44.7 cm³/mol. The topological polar surface area (TPSA) is 31.5 Å². The van der Waals surface area contributed by atoms with Crippen LogP contribution in [-0.4, -0.2) is 5.48 Å². The Morgan fingerprint density at radius 3 is 1.56 bits per heavy atom. The molecule has 1 heteroatoms. The third kappa shape index (κ3) is 5.84. The fraction of sp³-hybridized carbons (Fsp3) is 1.00. The van der Waals surface area contributed by atoms with Crippen molar-refractivity contribution in [3.05, 3.63) is 0 Å². The highest BCUT2D eigenvalue weighted by Crippen LogP contribution is 2.22. The van der Waals surface area contributed by atoms with Crippen LogP contribution in [-0.2, 0) is 0 Å². The molecular formula is C8H22O. The maximum absolute atomic E-state index is 2.34. The quantitative estimate of drug-likeness (QED) is 0.488. The van der Waals surface area contributed by atoms with Gasteiger partial charge in [-0.1, -0.05) is 46.5 Å². The molecule has 1 aliphatic carbocycles. The number of rotatable bonds is 0. The summed E-state index contributed by atoms with van der Waals surface area (Å²) in [5.41, 5.74) is 0. The summed E-state index contributed by atoms with van der Waals surface area (Å²) in [6.45, 7) is 6.34. The van der Waals surface area contributed by atoms with Gasteiger partial charge in [0.05, 0.1) is 0 Å². The minimum atomic E-state index is 0. The van der Waals surface area contributed by atoms with Gasteiger partial charge in [-0.05, 0) is 5.92 Å². The Labute approximate surface area is 60.3 Å². The van der Waals surface area contributed by atoms with E-state index < -0.39 is 0 Å². The summed E-state index contributed by atoms with van der Waals surface area (Å²) in [5, 5.41) is 0. The van der Waals surface area contributed by atoms with E-state index >= 15 is 0 Å². The molecule has 0 atom stereocenters. The van der Waals surface area contributed by atoms with Crippen molar-refractivity contribution in [1.29, 1.82) is 0 Å². The molecule has 0 bridgehead atoms. The lowest BCUT2D eigenvalue weighted by Crippen LogP contribution is -1.78. The van der Waals surface area contributed by atoms with Gasteiger partial charge >= 0.3 is 0 Å². The smallest absolute Gasteiger partial charge is 0 e. The molecule has 0 radical (unpaired) electrons. The van der Waals surface area contributed by atoms with E-state index in [9.17, 15) is 0 Å². The van der Waals surface area contributed by atoms with E-state index in [1.807, 2.05) is 13.8 Å². The molecule has 1 nitrogen and oxygen atoms in total. The molecule has 0 spiro atoms. The summed E-state index contributed by atoms with van der Waals surface area (Å²) < 4.78 is 0. The molecular weight excluding hydrogens is 112 g/mol. The zero-order valence-electron chi connectivity index (χ0n) is 6.91. The lowest BCUT2D eigenvalue weighted by molar-refractivity contribution is 0.612. The van der Waals surface area contributed by atoms with E-state index in [1.54, 1.807) is 0 Å². The van der Waals surface area contributed by atoms with Crippen LogP contribution in [0.25, 0.3) is 0 Å². The third-order valence-electron chi connectivity index (χ3n) is 1.64. The first-order chi connectivity index (χ1) is 3.89. The number of hydrogen-bond acceptors (Lipinski definition) is 0. The van der Waals surface area contributed by atoms with Crippen molar-refractivity contribution in [2.45, 2.75) is 46.5 Å². The molecule has 0 saturated heterocycles. The van der Waals surface area contributed by atoms with Crippen LogP contribution in [0.4, 0.5) is 0 Å². The Bertz CT molecular complexity index is 42.5. The van der Waals surface area contributed by atoms with Crippen molar-refractivity contribution in [3.63, 3.8) is 0 Å². The van der Waals surface area contributed by atoms with Gasteiger partial charge in [0.25, 0.3) is 0 Å². The Morgan fingerprint density at radius 1 is 1.11 bits per heavy atom. The van der Waals surface area contributed by atoms with E-state index in [2.05, 4.69) is 6.92 Å². The normalized spacial score (nSPS) is 17.7. The standard InChI is InChI=1S/C6H12.C2H6.H2O.H2/c1-6-4-2-3-5-6;1-2;;/h6H,2-5H2,1H3;1-2H3;1H2;1H. The Balaban J connectivity index is -0.000000114. The molecule has 0 unspecified atom stereocenters. The Kier molecular flexibility index (Phi) is 10.4. The molecule has 9 heavy (non-hydrogen) atoms. The van der Waals surface area contributed by atoms with Gasteiger partial charge in [-0.15, -0.1) is 0 Å². The van der Waals surface area contributed by atoms with Crippen molar-refractivity contribution >= 4 is 0 Å². The minimum absolute atomic E-state index is 0. The van der Waals surface area contributed by atoms with Crippen LogP contribution >= 0.6 is 0 Å². The van der Waals surface area contributed by atoms with Crippen molar-refractivity contribution in [1.82, 2.24) is 0 Å². The van der Waals surface area contributed by atoms with Crippen LogP contribution < -0.4 is 0 Å². The van der Waals surface area contributed by atoms with Crippen molar-refractivity contribution in [2.24, 2.45) is 5.92 Å². The molecule has 0 aliphatic heterocycles. The highest BCUT2D eigenvalue weighted by Gasteiger charge is 2.07. The van der Waals surface area contributed by atoms with Gasteiger partial charge in [0.1, 0.15) is 0 Å². The van der Waals surface area contributed by atoms with Crippen LogP contribution in [0.15, 0.2) is 0 Å². The van der Waals surface area contributed by atoms with E-state index in [4.69, 9.17) is 0 Å². The van der Waals surface area contributed by atoms with Crippen molar-refractivity contribution in [3.8, 4) is 0 Å². The van der Waals surface area contributed by atoms with E-state index in [1.165, 1.54) is 25.7 Å². The van der Waals surface area contributed by atoms with Crippen LogP contribution in [0.3, 0.4) is 0 Å². The van der Waals surface area contributed by atoms with Crippen molar-refractivity contribution < 1.29 is 6.90 Å². The molecule has 0 aromatic carbocycles. The third-order valence-corrected chi connectivity index (χ3v) is 1.64. The Hall–Kier alpha value is -0.0400. The highest BCUT2D eigenvalue weighted by atomic mass is 16.0. The van der Waals surface area contributed by atoms with E-state index in [0.717, 1.165) is 5.92 Å². The predicted octanol–water partition coefficient (Wildman–Crippen LogP) is 2.64. The average molecular weight is 134 g/mol. The van der Waals surface area contributed by atoms with Gasteiger partial charge in [-0.25, -0.2) is 0 Å². The van der Waals surface area contributed by atoms with Crippen LogP contribution in [0.1, 0.15) is 47.9 Å². The molecule has 60 valence electrons. The molecule has 1 fully saturated rings. The van der Waals surface area contributed by atoms with Gasteiger partial charge in [0, 0.05) is 1.43 Å². The summed E-state index contributed by atoms with van der Waals surface area (Å²) >= 11 is 0. The first-order valence-electron chi connectivity index (χ1n) is 3.89. The summed E-state index contributed by atoms with van der Waals surface area (Å²) in [5.74, 6) is 1.05. The van der Waals surface area contributed by atoms with Gasteiger partial charge in [0.15, 0.2) is 0 Å². The van der Waals surface area contributed by atoms with Gasteiger partial charge in [-0.3, -0.25) is 0 Å². The first kappa shape index (κ1) is 11.7. The first-order valence-corrected chi connectivity index (χ1v) is 3.89. The molecule has 1 saturated carbocycles. The Morgan fingerprint density at radius 2 is 1.44 bits per heavy atom. The second kappa shape index (κ2) is 7.96. The minimum Gasteiger partial charge on any atom is -0.412 e. The van der Waals surface area contributed by atoms with Crippen LogP contribution in [0, 0.1) is 5.92 Å². The lowest BCUT2D eigenvalue weighted by atomic mass is 10.2. The van der Waals surface area contributed by atoms with Gasteiger partial charge in [0.2, 0.25) is 0 Å². The summed E-state index contributed by atoms with van der Waals surface area (Å²) in [6.07, 6.45) is 5.95. The summed E-state index contributed by atoms with van der Waals surface area (Å²) in [4.78, 5) is 0. The maximum atomic E-state index is 2.34. The lowest BCUT2D eigenvalue weighted by Gasteiger charge is -1.91. The van der Waals surface area contributed by atoms with Crippen LogP contribution in [0.5, 0.6) is 0 Å². The zero-order valence-corrected chi connectivity index (χ0v) is 6.91. The molecule has 1 rings (SSSR count). The van der Waals surface area contributed by atoms with Crippen LogP contribution in [0.2, 0.25) is 0 Å². The molecule has 1 aliphatic rings. The molecule has 0 amide bonds. The second-order valence-electron chi connectivity index (χ2n) is 2.39. The fourth-order valence-corrected chi connectivity index (χ4v) is 1.13. The molecule has 0 aromatic rings. The number of hydrogen-bond donors (Lipinski definition) is 0. The average Bonchev–Trinajstić information content (AvgIpc) is 2.24. The van der Waals surface area contributed by atoms with E-state index in [-0.39, 0.29) is 6.90 Å². The monoisotopic (exact) mass is 134 g/mol. The maximum Gasteiger partial charge on any atom is 0 e. The molecule has 2 N–H and O–H groups in total.